The van der Waals surface area contributed by atoms with Gasteiger partial charge in [0.1, 0.15) is 11.9 Å². The third-order valence-electron chi connectivity index (χ3n) is 4.65. The maximum atomic E-state index is 13.1. The van der Waals surface area contributed by atoms with Gasteiger partial charge in [-0.15, -0.1) is 0 Å². The van der Waals surface area contributed by atoms with Crippen molar-refractivity contribution in [3.63, 3.8) is 0 Å². The highest BCUT2D eigenvalue weighted by Crippen LogP contribution is 2.35. The van der Waals surface area contributed by atoms with Crippen LogP contribution in [0.5, 0.6) is 0 Å². The molecule has 20 heavy (non-hydrogen) atoms. The summed E-state index contributed by atoms with van der Waals surface area (Å²) < 4.78 is 19.2. The van der Waals surface area contributed by atoms with E-state index in [1.807, 2.05) is 0 Å². The molecular formula is C17H22FNO. The lowest BCUT2D eigenvalue weighted by atomic mass is 9.83. The van der Waals surface area contributed by atoms with Crippen LogP contribution in [0.2, 0.25) is 0 Å². The molecule has 0 saturated carbocycles. The lowest BCUT2D eigenvalue weighted by molar-refractivity contribution is -0.0636. The van der Waals surface area contributed by atoms with E-state index in [9.17, 15) is 4.39 Å². The molecule has 3 unspecified atom stereocenters. The summed E-state index contributed by atoms with van der Waals surface area (Å²) in [7, 11) is 0. The van der Waals surface area contributed by atoms with E-state index in [4.69, 9.17) is 4.74 Å². The minimum atomic E-state index is -0.290. The lowest BCUT2D eigenvalue weighted by Crippen LogP contribution is -2.53. The molecule has 3 atom stereocenters. The average molecular weight is 275 g/mol. The van der Waals surface area contributed by atoms with E-state index in [0.717, 1.165) is 19.4 Å². The fourth-order valence-corrected chi connectivity index (χ4v) is 3.81. The molecule has 0 aromatic carbocycles. The first-order valence-electron chi connectivity index (χ1n) is 7.72. The standard InChI is InChI=1S/C17H22FNO/c1-2-19-14-6-4-7-15(19)12-17(11-14)20-16-8-3-5-13(18)9-10-16/h5,9-10,14-17H,2,4,6-7,11-12H2,1H3. The van der Waals surface area contributed by atoms with Gasteiger partial charge >= 0.3 is 0 Å². The van der Waals surface area contributed by atoms with Crippen molar-refractivity contribution in [3.05, 3.63) is 24.1 Å². The summed E-state index contributed by atoms with van der Waals surface area (Å²) in [5.74, 6) is 5.39. The summed E-state index contributed by atoms with van der Waals surface area (Å²) >= 11 is 0. The molecule has 0 aromatic rings. The second kappa shape index (κ2) is 6.11. The molecule has 2 saturated heterocycles. The third kappa shape index (κ3) is 2.97. The molecule has 2 aliphatic heterocycles. The molecule has 3 aliphatic rings. The second-order valence-electron chi connectivity index (χ2n) is 5.90. The molecule has 2 bridgehead atoms. The van der Waals surface area contributed by atoms with Crippen LogP contribution >= 0.6 is 0 Å². The van der Waals surface area contributed by atoms with Crippen molar-refractivity contribution in [1.29, 1.82) is 0 Å². The number of fused-ring (bicyclic) bond motifs is 2. The fourth-order valence-electron chi connectivity index (χ4n) is 3.81. The van der Waals surface area contributed by atoms with Crippen molar-refractivity contribution in [2.75, 3.05) is 6.54 Å². The molecule has 3 heteroatoms. The molecule has 0 aromatic heterocycles. The zero-order valence-corrected chi connectivity index (χ0v) is 12.0. The molecule has 0 radical (unpaired) electrons. The fraction of sp³-hybridized carbons (Fsp3) is 0.647. The van der Waals surface area contributed by atoms with E-state index in [2.05, 4.69) is 23.7 Å². The number of ether oxygens (including phenoxy) is 1. The van der Waals surface area contributed by atoms with Gasteiger partial charge in [0, 0.05) is 18.2 Å². The maximum Gasteiger partial charge on any atom is 0.137 e. The Morgan fingerprint density at radius 2 is 2.10 bits per heavy atom. The van der Waals surface area contributed by atoms with Crippen LogP contribution in [-0.4, -0.2) is 35.7 Å². The Balaban J connectivity index is 1.62. The zero-order chi connectivity index (χ0) is 13.9. The SMILES string of the molecule is CCN1C2CCCC1CC(OC1C#CC=C(F)C=C1)C2. The molecule has 0 N–H and O–H groups in total. The van der Waals surface area contributed by atoms with Crippen LogP contribution in [0, 0.1) is 11.8 Å². The summed E-state index contributed by atoms with van der Waals surface area (Å²) in [5, 5.41) is 0. The summed E-state index contributed by atoms with van der Waals surface area (Å²) in [5.41, 5.74) is 0. The molecule has 0 amide bonds. The van der Waals surface area contributed by atoms with E-state index >= 15 is 0 Å². The van der Waals surface area contributed by atoms with E-state index in [0.29, 0.717) is 12.1 Å². The van der Waals surface area contributed by atoms with Gasteiger partial charge in [-0.3, -0.25) is 4.90 Å². The van der Waals surface area contributed by atoms with Crippen molar-refractivity contribution in [2.24, 2.45) is 0 Å². The molecule has 3 rings (SSSR count). The molecule has 2 nitrogen and oxygen atoms in total. The van der Waals surface area contributed by atoms with Crippen LogP contribution in [0.25, 0.3) is 0 Å². The van der Waals surface area contributed by atoms with Crippen LogP contribution < -0.4 is 0 Å². The lowest BCUT2D eigenvalue weighted by Gasteiger charge is -2.48. The second-order valence-corrected chi connectivity index (χ2v) is 5.90. The minimum Gasteiger partial charge on any atom is -0.358 e. The summed E-state index contributed by atoms with van der Waals surface area (Å²) in [6.45, 7) is 3.39. The maximum absolute atomic E-state index is 13.1. The highest BCUT2D eigenvalue weighted by molar-refractivity contribution is 5.32. The topological polar surface area (TPSA) is 12.5 Å². The van der Waals surface area contributed by atoms with Crippen molar-refractivity contribution < 1.29 is 9.13 Å². The quantitative estimate of drug-likeness (QED) is 0.733. The van der Waals surface area contributed by atoms with Crippen molar-refractivity contribution in [2.45, 2.75) is 63.3 Å². The van der Waals surface area contributed by atoms with Gasteiger partial charge in [0.15, 0.2) is 0 Å². The van der Waals surface area contributed by atoms with Gasteiger partial charge in [0.05, 0.1) is 6.10 Å². The predicted octanol–water partition coefficient (Wildman–Crippen LogP) is 3.20. The molecule has 1 aliphatic carbocycles. The van der Waals surface area contributed by atoms with Gasteiger partial charge in [-0.05, 0) is 44.4 Å². The van der Waals surface area contributed by atoms with Crippen molar-refractivity contribution >= 4 is 0 Å². The summed E-state index contributed by atoms with van der Waals surface area (Å²) in [4.78, 5) is 2.64. The first-order valence-corrected chi connectivity index (χ1v) is 7.72. The average Bonchev–Trinajstić information content (AvgIpc) is 2.63. The van der Waals surface area contributed by atoms with Gasteiger partial charge in [-0.1, -0.05) is 25.2 Å². The predicted molar refractivity (Wildman–Crippen MR) is 77.8 cm³/mol. The van der Waals surface area contributed by atoms with Gasteiger partial charge < -0.3 is 4.74 Å². The van der Waals surface area contributed by atoms with Crippen LogP contribution in [0.15, 0.2) is 24.1 Å². The Kier molecular flexibility index (Phi) is 4.24. The highest BCUT2D eigenvalue weighted by Gasteiger charge is 2.38. The Morgan fingerprint density at radius 1 is 1.35 bits per heavy atom. The minimum absolute atomic E-state index is 0.262. The van der Waals surface area contributed by atoms with Crippen molar-refractivity contribution in [3.8, 4) is 11.8 Å². The smallest absolute Gasteiger partial charge is 0.137 e. The van der Waals surface area contributed by atoms with E-state index in [1.54, 1.807) is 6.08 Å². The van der Waals surface area contributed by atoms with Gasteiger partial charge in [0.25, 0.3) is 0 Å². The largest absolute Gasteiger partial charge is 0.358 e. The number of hydrogen-bond acceptors (Lipinski definition) is 2. The highest BCUT2D eigenvalue weighted by atomic mass is 19.1. The Morgan fingerprint density at radius 3 is 2.80 bits per heavy atom. The molecule has 2 fully saturated rings. The van der Waals surface area contributed by atoms with Gasteiger partial charge in [-0.25, -0.2) is 4.39 Å². The Labute approximate surface area is 120 Å². The van der Waals surface area contributed by atoms with Gasteiger partial charge in [0.2, 0.25) is 0 Å². The van der Waals surface area contributed by atoms with E-state index < -0.39 is 0 Å². The van der Waals surface area contributed by atoms with E-state index in [-0.39, 0.29) is 18.0 Å². The Hall–Kier alpha value is -1.11. The number of allylic oxidation sites excluding steroid dienone is 3. The van der Waals surface area contributed by atoms with E-state index in [1.165, 1.54) is 31.4 Å². The number of piperidine rings is 2. The third-order valence-corrected chi connectivity index (χ3v) is 4.65. The molecule has 0 spiro atoms. The summed E-state index contributed by atoms with van der Waals surface area (Å²) in [6, 6.07) is 1.32. The molecule has 2 heterocycles. The first kappa shape index (κ1) is 13.9. The number of rotatable bonds is 3. The van der Waals surface area contributed by atoms with Crippen molar-refractivity contribution in [1.82, 2.24) is 4.90 Å². The zero-order valence-electron chi connectivity index (χ0n) is 12.0. The molecular weight excluding hydrogens is 253 g/mol. The number of halogens is 1. The number of nitrogens with zero attached hydrogens (tertiary/aromatic N) is 1. The van der Waals surface area contributed by atoms with Gasteiger partial charge in [-0.2, -0.15) is 0 Å². The summed E-state index contributed by atoms with van der Waals surface area (Å²) in [6.07, 6.45) is 10.6. The first-order chi connectivity index (χ1) is 9.76. The monoisotopic (exact) mass is 275 g/mol. The normalized spacial score (nSPS) is 36.8. The van der Waals surface area contributed by atoms with Crippen LogP contribution in [0.3, 0.4) is 0 Å². The Bertz CT molecular complexity index is 459. The molecule has 108 valence electrons. The number of hydrogen-bond donors (Lipinski definition) is 0. The van der Waals surface area contributed by atoms with Crippen LogP contribution in [-0.2, 0) is 4.74 Å². The van der Waals surface area contributed by atoms with Crippen LogP contribution in [0.1, 0.15) is 39.0 Å². The van der Waals surface area contributed by atoms with Crippen LogP contribution in [0.4, 0.5) is 4.39 Å².